The number of benzene rings is 3. The normalized spacial score (nSPS) is 26.0. The van der Waals surface area contributed by atoms with Crippen molar-refractivity contribution in [1.29, 1.82) is 0 Å². The summed E-state index contributed by atoms with van der Waals surface area (Å²) in [5.41, 5.74) is 1.39. The van der Waals surface area contributed by atoms with E-state index in [-0.39, 0.29) is 60.0 Å². The fraction of sp³-hybridized carbons (Fsp3) is 0.394. The van der Waals surface area contributed by atoms with E-state index in [4.69, 9.17) is 21.1 Å². The maximum absolute atomic E-state index is 14.6. The fourth-order valence-corrected chi connectivity index (χ4v) is 6.39. The van der Waals surface area contributed by atoms with Gasteiger partial charge in [-0.2, -0.15) is 0 Å². The number of aliphatic hydroxyl groups is 1. The molecule has 0 aromatic heterocycles. The van der Waals surface area contributed by atoms with E-state index in [1.807, 2.05) is 4.90 Å². The van der Waals surface area contributed by atoms with Gasteiger partial charge in [0.2, 0.25) is 5.91 Å². The first-order valence-electron chi connectivity index (χ1n) is 15.0. The van der Waals surface area contributed by atoms with Crippen molar-refractivity contribution in [2.24, 2.45) is 0 Å². The summed E-state index contributed by atoms with van der Waals surface area (Å²) in [6, 6.07) is 11.3. The smallest absolute Gasteiger partial charge is 0.255 e. The third-order valence-corrected chi connectivity index (χ3v) is 8.94. The van der Waals surface area contributed by atoms with Gasteiger partial charge in [0, 0.05) is 43.7 Å². The van der Waals surface area contributed by atoms with Gasteiger partial charge in [0.1, 0.15) is 29.3 Å². The number of nitrogens with one attached hydrogen (secondary N) is 2. The van der Waals surface area contributed by atoms with Crippen LogP contribution in [0.25, 0.3) is 11.1 Å². The molecule has 0 unspecified atom stereocenters. The van der Waals surface area contributed by atoms with Gasteiger partial charge >= 0.3 is 0 Å². The maximum atomic E-state index is 14.6. The maximum Gasteiger partial charge on any atom is 0.255 e. The van der Waals surface area contributed by atoms with Crippen LogP contribution in [0.1, 0.15) is 41.6 Å². The molecule has 12 heteroatoms. The molecule has 238 valence electrons. The summed E-state index contributed by atoms with van der Waals surface area (Å²) in [5.74, 6) is -2.53. The Morgan fingerprint density at radius 3 is 2.58 bits per heavy atom. The van der Waals surface area contributed by atoms with Crippen LogP contribution in [0, 0.1) is 17.5 Å². The Morgan fingerprint density at radius 1 is 0.956 bits per heavy atom. The number of aliphatic hydroxyl groups excluding tert-OH is 1. The molecule has 3 aromatic carbocycles. The number of halogens is 4. The van der Waals surface area contributed by atoms with Crippen molar-refractivity contribution in [3.8, 4) is 16.9 Å². The Morgan fingerprint density at radius 2 is 1.78 bits per heavy atom. The summed E-state index contributed by atoms with van der Waals surface area (Å²) in [7, 11) is 0. The number of hydrogen-bond donors (Lipinski definition) is 3. The molecule has 0 saturated carbocycles. The largest absolute Gasteiger partial charge is 0.493 e. The zero-order chi connectivity index (χ0) is 31.7. The Kier molecular flexibility index (Phi) is 9.32. The number of carbonyl (C=O) groups excluding carboxylic acids is 2. The first-order chi connectivity index (χ1) is 21.6. The van der Waals surface area contributed by atoms with Crippen LogP contribution < -0.4 is 15.4 Å². The minimum atomic E-state index is -0.751. The second-order valence-electron chi connectivity index (χ2n) is 11.8. The quantitative estimate of drug-likeness (QED) is 0.386. The zero-order valence-corrected chi connectivity index (χ0v) is 25.0. The Labute approximate surface area is 263 Å². The molecule has 3 heterocycles. The highest BCUT2D eigenvalue weighted by molar-refractivity contribution is 6.30. The molecule has 3 aliphatic rings. The van der Waals surface area contributed by atoms with Crippen molar-refractivity contribution in [2.75, 3.05) is 19.7 Å². The van der Waals surface area contributed by atoms with Gasteiger partial charge in [0.25, 0.3) is 5.91 Å². The molecular formula is C33H33ClF3N3O5. The molecule has 3 aliphatic heterocycles. The van der Waals surface area contributed by atoms with Crippen molar-refractivity contribution >= 4 is 23.4 Å². The molecule has 0 spiro atoms. The highest BCUT2D eigenvalue weighted by Crippen LogP contribution is 2.31. The minimum absolute atomic E-state index is 0.00693. The highest BCUT2D eigenvalue weighted by atomic mass is 35.5. The van der Waals surface area contributed by atoms with Gasteiger partial charge < -0.3 is 25.2 Å². The predicted molar refractivity (Wildman–Crippen MR) is 160 cm³/mol. The Balaban J connectivity index is 1.30. The predicted octanol–water partition coefficient (Wildman–Crippen LogP) is 4.60. The lowest BCUT2D eigenvalue weighted by atomic mass is 9.99. The first-order valence-corrected chi connectivity index (χ1v) is 15.3. The molecule has 0 aliphatic carbocycles. The SMILES string of the molecule is O=C1N[C@H]2C[C@@H](C(=O)NC[C@H]3O[C@H](CCOc4cc(-c5ccc(F)cc5F)ccc41)CC[C@@H]3O)N(Cc1ccc(Cl)c(F)c1)C2. The lowest BCUT2D eigenvalue weighted by molar-refractivity contribution is -0.133. The Bertz CT molecular complexity index is 1590. The van der Waals surface area contributed by atoms with Crippen LogP contribution in [0.2, 0.25) is 5.02 Å². The van der Waals surface area contributed by atoms with E-state index in [1.165, 1.54) is 24.3 Å². The van der Waals surface area contributed by atoms with Crippen LogP contribution in [0.4, 0.5) is 13.2 Å². The number of amides is 2. The minimum Gasteiger partial charge on any atom is -0.493 e. The molecule has 3 N–H and O–H groups in total. The molecule has 2 amide bonds. The van der Waals surface area contributed by atoms with Crippen molar-refractivity contribution in [3.05, 3.63) is 88.2 Å². The highest BCUT2D eigenvalue weighted by Gasteiger charge is 2.39. The van der Waals surface area contributed by atoms with E-state index in [9.17, 15) is 27.9 Å². The third-order valence-electron chi connectivity index (χ3n) is 8.64. The van der Waals surface area contributed by atoms with Gasteiger partial charge in [-0.05, 0) is 66.8 Å². The monoisotopic (exact) mass is 643 g/mol. The number of fused-ring (bicyclic) bond motifs is 5. The molecular weight excluding hydrogens is 611 g/mol. The molecule has 8 nitrogen and oxygen atoms in total. The summed E-state index contributed by atoms with van der Waals surface area (Å²) in [4.78, 5) is 29.0. The van der Waals surface area contributed by atoms with Crippen LogP contribution >= 0.6 is 11.6 Å². The number of ether oxygens (including phenoxy) is 2. The lowest BCUT2D eigenvalue weighted by Gasteiger charge is -2.34. The van der Waals surface area contributed by atoms with E-state index >= 15 is 0 Å². The van der Waals surface area contributed by atoms with Gasteiger partial charge in [0.15, 0.2) is 0 Å². The van der Waals surface area contributed by atoms with Gasteiger partial charge in [-0.15, -0.1) is 0 Å². The van der Waals surface area contributed by atoms with E-state index < -0.39 is 47.7 Å². The molecule has 4 bridgehead atoms. The number of nitrogens with zero attached hydrogens (tertiary/aromatic N) is 1. The van der Waals surface area contributed by atoms with Crippen molar-refractivity contribution < 1.29 is 37.3 Å². The average Bonchev–Trinajstić information content (AvgIpc) is 3.40. The number of carbonyl (C=O) groups is 2. The standard InChI is InChI=1S/C33H33ClF3N3O5/c34-25-7-1-18(11-27(25)37)16-40-17-21-14-28(40)33(43)38-15-31-29(41)8-4-22(45-31)9-10-44-30-12-19(2-5-24(30)32(42)39-21)23-6-3-20(35)13-26(23)36/h1-3,5-7,11-13,21-22,28-29,31,41H,4,8-10,14-17H2,(H,38,43)(H,39,42)/t21-,22-,28-,29-,31+/m0/s1. The molecule has 3 aromatic rings. The van der Waals surface area contributed by atoms with Crippen LogP contribution in [-0.4, -0.2) is 71.9 Å². The lowest BCUT2D eigenvalue weighted by Crippen LogP contribution is -2.50. The number of rotatable bonds is 3. The third kappa shape index (κ3) is 7.12. The van der Waals surface area contributed by atoms with Crippen LogP contribution in [0.15, 0.2) is 54.6 Å². The molecule has 2 fully saturated rings. The zero-order valence-electron chi connectivity index (χ0n) is 24.3. The van der Waals surface area contributed by atoms with Crippen molar-refractivity contribution in [2.45, 2.75) is 62.6 Å². The fourth-order valence-electron chi connectivity index (χ4n) is 6.28. The summed E-state index contributed by atoms with van der Waals surface area (Å²) in [6.07, 6.45) is 0.168. The van der Waals surface area contributed by atoms with E-state index in [2.05, 4.69) is 10.6 Å². The summed E-state index contributed by atoms with van der Waals surface area (Å²) < 4.78 is 54.7. The molecule has 2 saturated heterocycles. The Hall–Kier alpha value is -3.64. The molecule has 0 radical (unpaired) electrons. The van der Waals surface area contributed by atoms with Crippen LogP contribution in [0.5, 0.6) is 5.75 Å². The summed E-state index contributed by atoms with van der Waals surface area (Å²) >= 11 is 5.86. The van der Waals surface area contributed by atoms with Gasteiger partial charge in [-0.1, -0.05) is 23.7 Å². The second-order valence-corrected chi connectivity index (χ2v) is 12.2. The first kappa shape index (κ1) is 31.3. The average molecular weight is 644 g/mol. The number of likely N-dealkylation sites (tertiary alicyclic amines) is 1. The van der Waals surface area contributed by atoms with E-state index in [0.29, 0.717) is 36.9 Å². The number of hydrogen-bond acceptors (Lipinski definition) is 6. The van der Waals surface area contributed by atoms with Gasteiger partial charge in [-0.3, -0.25) is 14.5 Å². The van der Waals surface area contributed by atoms with E-state index in [0.717, 1.165) is 12.1 Å². The van der Waals surface area contributed by atoms with Crippen LogP contribution in [0.3, 0.4) is 0 Å². The van der Waals surface area contributed by atoms with Crippen molar-refractivity contribution in [3.63, 3.8) is 0 Å². The second kappa shape index (κ2) is 13.4. The van der Waals surface area contributed by atoms with Gasteiger partial charge in [-0.25, -0.2) is 13.2 Å². The summed E-state index contributed by atoms with van der Waals surface area (Å²) in [5, 5.41) is 16.5. The summed E-state index contributed by atoms with van der Waals surface area (Å²) in [6.45, 7) is 0.805. The van der Waals surface area contributed by atoms with Gasteiger partial charge in [0.05, 0.1) is 35.4 Å². The molecule has 5 atom stereocenters. The van der Waals surface area contributed by atoms with E-state index in [1.54, 1.807) is 18.2 Å². The van der Waals surface area contributed by atoms with Crippen molar-refractivity contribution in [1.82, 2.24) is 15.5 Å². The molecule has 6 rings (SSSR count). The molecule has 45 heavy (non-hydrogen) atoms. The topological polar surface area (TPSA) is 100 Å². The van der Waals surface area contributed by atoms with Crippen LogP contribution in [-0.2, 0) is 16.1 Å².